The number of rotatable bonds is 5. The first-order chi connectivity index (χ1) is 33.7. The van der Waals surface area contributed by atoms with Crippen LogP contribution in [0.4, 0.5) is 17.1 Å². The molecule has 0 saturated heterocycles. The van der Waals surface area contributed by atoms with Crippen LogP contribution in [0.5, 0.6) is 0 Å². The second-order valence-corrected chi connectivity index (χ2v) is 19.4. The zero-order valence-corrected chi connectivity index (χ0v) is 37.7. The van der Waals surface area contributed by atoms with Gasteiger partial charge in [0.2, 0.25) is 0 Å². The van der Waals surface area contributed by atoms with Crippen LogP contribution in [0, 0.1) is 0 Å². The number of aromatic nitrogens is 1. The zero-order valence-electron chi connectivity index (χ0n) is 36.9. The first-order valence-electron chi connectivity index (χ1n) is 23.5. The van der Waals surface area contributed by atoms with Crippen molar-refractivity contribution in [1.29, 1.82) is 0 Å². The SMILES string of the molecule is c1ccc(-n2c3cc(-c4ccc(N(c5ccc6c(c5)C5(c7ccccc7-c7ccccc75)c5ccccc5-6)c5cccc6sc7ccccc7c56)cc4)ccc3c3ccc4ccccc4c32)cc1. The van der Waals surface area contributed by atoms with Gasteiger partial charge in [0.05, 0.1) is 22.1 Å². The van der Waals surface area contributed by atoms with Gasteiger partial charge in [0.15, 0.2) is 0 Å². The Kier molecular flexibility index (Phi) is 7.90. The van der Waals surface area contributed by atoms with E-state index in [1.54, 1.807) is 0 Å². The number of thiophene rings is 1. The number of nitrogens with zero attached hydrogens (tertiary/aromatic N) is 2. The monoisotopic (exact) mass is 880 g/mol. The summed E-state index contributed by atoms with van der Waals surface area (Å²) in [7, 11) is 0. The highest BCUT2D eigenvalue weighted by atomic mass is 32.1. The van der Waals surface area contributed by atoms with Gasteiger partial charge in [0.25, 0.3) is 0 Å². The predicted molar refractivity (Wildman–Crippen MR) is 288 cm³/mol. The Hall–Kier alpha value is -8.50. The normalized spacial score (nSPS) is 13.1. The first-order valence-corrected chi connectivity index (χ1v) is 24.3. The molecular weight excluding hydrogens is 841 g/mol. The Balaban J connectivity index is 0.940. The lowest BCUT2D eigenvalue weighted by Gasteiger charge is -2.32. The minimum absolute atomic E-state index is 0.446. The lowest BCUT2D eigenvalue weighted by Crippen LogP contribution is -2.26. The van der Waals surface area contributed by atoms with E-state index in [4.69, 9.17) is 0 Å². The Morgan fingerprint density at radius 2 is 0.956 bits per heavy atom. The van der Waals surface area contributed by atoms with Gasteiger partial charge in [-0.1, -0.05) is 182 Å². The molecule has 0 unspecified atom stereocenters. The molecule has 0 amide bonds. The Labute approximate surface area is 397 Å². The van der Waals surface area contributed by atoms with Crippen LogP contribution in [0.3, 0.4) is 0 Å². The average molecular weight is 881 g/mol. The van der Waals surface area contributed by atoms with Crippen molar-refractivity contribution in [1.82, 2.24) is 4.57 Å². The zero-order chi connectivity index (χ0) is 44.5. The summed E-state index contributed by atoms with van der Waals surface area (Å²) in [4.78, 5) is 2.51. The summed E-state index contributed by atoms with van der Waals surface area (Å²) in [5.41, 5.74) is 19.5. The van der Waals surface area contributed by atoms with E-state index in [2.05, 4.69) is 252 Å². The second kappa shape index (κ2) is 14.3. The highest BCUT2D eigenvalue weighted by molar-refractivity contribution is 7.26. The van der Waals surface area contributed by atoms with E-state index < -0.39 is 5.41 Å². The van der Waals surface area contributed by atoms with Crippen molar-refractivity contribution in [2.75, 3.05) is 4.90 Å². The van der Waals surface area contributed by atoms with Crippen molar-refractivity contribution in [3.05, 3.63) is 265 Å². The molecular formula is C65H40N2S. The molecule has 0 saturated carbocycles. The number of para-hydroxylation sites is 1. The highest BCUT2D eigenvalue weighted by Gasteiger charge is 2.51. The van der Waals surface area contributed by atoms with Crippen LogP contribution in [-0.2, 0) is 5.41 Å². The van der Waals surface area contributed by atoms with Crippen molar-refractivity contribution in [2.45, 2.75) is 5.41 Å². The van der Waals surface area contributed by atoms with E-state index in [1.165, 1.54) is 114 Å². The number of anilines is 3. The number of hydrogen-bond acceptors (Lipinski definition) is 2. The van der Waals surface area contributed by atoms with Crippen LogP contribution in [0.25, 0.3) is 91.8 Å². The molecule has 68 heavy (non-hydrogen) atoms. The molecule has 0 aliphatic heterocycles. The van der Waals surface area contributed by atoms with Crippen LogP contribution in [0.15, 0.2) is 243 Å². The third-order valence-corrected chi connectivity index (χ3v) is 16.1. The number of benzene rings is 11. The van der Waals surface area contributed by atoms with Crippen molar-refractivity contribution >= 4 is 81.1 Å². The van der Waals surface area contributed by atoms with Gasteiger partial charge >= 0.3 is 0 Å². The van der Waals surface area contributed by atoms with Gasteiger partial charge in [-0.3, -0.25) is 0 Å². The van der Waals surface area contributed by atoms with Crippen LogP contribution in [-0.4, -0.2) is 4.57 Å². The largest absolute Gasteiger partial charge is 0.310 e. The van der Waals surface area contributed by atoms with Crippen LogP contribution in [0.2, 0.25) is 0 Å². The number of hydrogen-bond donors (Lipinski definition) is 0. The predicted octanol–water partition coefficient (Wildman–Crippen LogP) is 17.8. The van der Waals surface area contributed by atoms with E-state index in [1.807, 2.05) is 11.3 Å². The quantitative estimate of drug-likeness (QED) is 0.167. The molecule has 2 aliphatic carbocycles. The minimum atomic E-state index is -0.446. The first kappa shape index (κ1) is 37.7. The molecule has 2 heterocycles. The Morgan fingerprint density at radius 3 is 1.71 bits per heavy atom. The highest BCUT2D eigenvalue weighted by Crippen LogP contribution is 2.63. The summed E-state index contributed by atoms with van der Waals surface area (Å²) < 4.78 is 5.03. The van der Waals surface area contributed by atoms with Crippen molar-refractivity contribution in [2.24, 2.45) is 0 Å². The van der Waals surface area contributed by atoms with Gasteiger partial charge < -0.3 is 9.47 Å². The topological polar surface area (TPSA) is 8.17 Å². The molecule has 15 rings (SSSR count). The van der Waals surface area contributed by atoms with Crippen LogP contribution in [0.1, 0.15) is 22.3 Å². The van der Waals surface area contributed by atoms with Gasteiger partial charge in [-0.2, -0.15) is 0 Å². The fraction of sp³-hybridized carbons (Fsp3) is 0.0154. The maximum Gasteiger partial charge on any atom is 0.0726 e. The molecule has 0 atom stereocenters. The van der Waals surface area contributed by atoms with E-state index in [0.717, 1.165) is 17.1 Å². The molecule has 11 aromatic carbocycles. The maximum absolute atomic E-state index is 2.51. The van der Waals surface area contributed by atoms with Crippen LogP contribution >= 0.6 is 11.3 Å². The summed E-state index contributed by atoms with van der Waals surface area (Å²) in [6.45, 7) is 0. The molecule has 13 aromatic rings. The third kappa shape index (κ3) is 5.11. The van der Waals surface area contributed by atoms with Gasteiger partial charge in [-0.05, 0) is 122 Å². The Bertz CT molecular complexity index is 4150. The lowest BCUT2D eigenvalue weighted by molar-refractivity contribution is 0.793. The summed E-state index contributed by atoms with van der Waals surface area (Å²) >= 11 is 1.87. The number of fused-ring (bicyclic) bond motifs is 18. The molecule has 316 valence electrons. The van der Waals surface area contributed by atoms with Crippen molar-refractivity contribution in [3.8, 4) is 39.1 Å². The summed E-state index contributed by atoms with van der Waals surface area (Å²) in [5.74, 6) is 0. The van der Waals surface area contributed by atoms with E-state index in [-0.39, 0.29) is 0 Å². The molecule has 2 nitrogen and oxygen atoms in total. The van der Waals surface area contributed by atoms with E-state index in [0.29, 0.717) is 0 Å². The molecule has 0 bridgehead atoms. The van der Waals surface area contributed by atoms with E-state index >= 15 is 0 Å². The van der Waals surface area contributed by atoms with Crippen molar-refractivity contribution < 1.29 is 0 Å². The standard InChI is InChI=1S/C65H40N2S/c1-2-16-44(17-3-1)67-60-39-43(32-36-52(60)53-37-31-42-15-4-5-18-47(42)64(53)67)41-29-33-45(34-30-41)66(59-26-14-28-62-63(59)54-22-9-13-27-61(54)68-62)46-35-38-51-50-21-8-12-25-57(50)65(58(51)40-46)55-23-10-6-19-48(55)49-20-7-11-24-56(49)65/h1-40H. The molecule has 1 spiro atoms. The van der Waals surface area contributed by atoms with Crippen molar-refractivity contribution in [3.63, 3.8) is 0 Å². The summed E-state index contributed by atoms with van der Waals surface area (Å²) in [5, 5.41) is 7.57. The lowest BCUT2D eigenvalue weighted by atomic mass is 9.70. The van der Waals surface area contributed by atoms with Gasteiger partial charge in [0, 0.05) is 53.4 Å². The molecule has 2 aliphatic rings. The summed E-state index contributed by atoms with van der Waals surface area (Å²) in [6, 6.07) is 90.6. The molecule has 2 aromatic heterocycles. The molecule has 3 heteroatoms. The van der Waals surface area contributed by atoms with Crippen LogP contribution < -0.4 is 4.90 Å². The second-order valence-electron chi connectivity index (χ2n) is 18.3. The van der Waals surface area contributed by atoms with E-state index in [9.17, 15) is 0 Å². The molecule has 0 N–H and O–H groups in total. The van der Waals surface area contributed by atoms with Gasteiger partial charge in [-0.15, -0.1) is 11.3 Å². The summed E-state index contributed by atoms with van der Waals surface area (Å²) in [6.07, 6.45) is 0. The van der Waals surface area contributed by atoms with Gasteiger partial charge in [-0.25, -0.2) is 0 Å². The molecule has 0 fully saturated rings. The molecule has 0 radical (unpaired) electrons. The fourth-order valence-corrected chi connectivity index (χ4v) is 13.3. The maximum atomic E-state index is 2.51. The smallest absolute Gasteiger partial charge is 0.0726 e. The minimum Gasteiger partial charge on any atom is -0.310 e. The van der Waals surface area contributed by atoms with Gasteiger partial charge in [0.1, 0.15) is 0 Å². The third-order valence-electron chi connectivity index (χ3n) is 15.0. The average Bonchev–Trinajstić information content (AvgIpc) is 4.13. The Morgan fingerprint density at radius 1 is 0.368 bits per heavy atom. The fourth-order valence-electron chi connectivity index (χ4n) is 12.2.